The zero-order chi connectivity index (χ0) is 13.7. The van der Waals surface area contributed by atoms with Crippen molar-refractivity contribution >= 4 is 6.29 Å². The molecule has 3 nitrogen and oxygen atoms in total. The lowest BCUT2D eigenvalue weighted by Crippen LogP contribution is -2.02. The number of allylic oxidation sites excluding steroid dienone is 1. The SMILES string of the molecule is C=CCC(C)c1nn(Cc2ccccc2)cc1C=O. The van der Waals surface area contributed by atoms with Crippen molar-refractivity contribution in [2.45, 2.75) is 25.8 Å². The molecule has 0 saturated carbocycles. The van der Waals surface area contributed by atoms with E-state index in [9.17, 15) is 4.79 Å². The summed E-state index contributed by atoms with van der Waals surface area (Å²) >= 11 is 0. The highest BCUT2D eigenvalue weighted by atomic mass is 16.1. The van der Waals surface area contributed by atoms with Crippen LogP contribution in [0.3, 0.4) is 0 Å². The van der Waals surface area contributed by atoms with Crippen LogP contribution in [0.5, 0.6) is 0 Å². The van der Waals surface area contributed by atoms with Gasteiger partial charge >= 0.3 is 0 Å². The Morgan fingerprint density at radius 1 is 1.37 bits per heavy atom. The van der Waals surface area contributed by atoms with Crippen LogP contribution in [-0.2, 0) is 6.54 Å². The van der Waals surface area contributed by atoms with Crippen molar-refractivity contribution in [2.24, 2.45) is 0 Å². The molecule has 0 radical (unpaired) electrons. The molecule has 3 heteroatoms. The Hall–Kier alpha value is -2.16. The van der Waals surface area contributed by atoms with Crippen molar-refractivity contribution in [3.8, 4) is 0 Å². The van der Waals surface area contributed by atoms with Crippen LogP contribution in [0.1, 0.15) is 40.9 Å². The van der Waals surface area contributed by atoms with Gasteiger partial charge in [-0.25, -0.2) is 0 Å². The summed E-state index contributed by atoms with van der Waals surface area (Å²) in [5.74, 6) is 0.217. The second-order valence-electron chi connectivity index (χ2n) is 4.70. The van der Waals surface area contributed by atoms with Gasteiger partial charge in [0.05, 0.1) is 17.8 Å². The van der Waals surface area contributed by atoms with Crippen molar-refractivity contribution in [3.63, 3.8) is 0 Å². The molecule has 0 aliphatic carbocycles. The van der Waals surface area contributed by atoms with Crippen LogP contribution < -0.4 is 0 Å². The van der Waals surface area contributed by atoms with Gasteiger partial charge in [0.2, 0.25) is 0 Å². The van der Waals surface area contributed by atoms with Crippen molar-refractivity contribution in [1.29, 1.82) is 0 Å². The van der Waals surface area contributed by atoms with E-state index in [4.69, 9.17) is 0 Å². The lowest BCUT2D eigenvalue weighted by molar-refractivity contribution is 0.112. The maximum absolute atomic E-state index is 11.1. The molecule has 19 heavy (non-hydrogen) atoms. The molecular formula is C16H18N2O. The van der Waals surface area contributed by atoms with Gasteiger partial charge in [0, 0.05) is 12.1 Å². The highest BCUT2D eigenvalue weighted by Crippen LogP contribution is 2.21. The maximum atomic E-state index is 11.1. The van der Waals surface area contributed by atoms with Gasteiger partial charge in [0.15, 0.2) is 6.29 Å². The standard InChI is InChI=1S/C16H18N2O/c1-3-7-13(2)16-15(12-19)11-18(17-16)10-14-8-5-4-6-9-14/h3-6,8-9,11-13H,1,7,10H2,2H3. The molecule has 98 valence electrons. The summed E-state index contributed by atoms with van der Waals surface area (Å²) in [7, 11) is 0. The minimum atomic E-state index is 0.217. The van der Waals surface area contributed by atoms with E-state index >= 15 is 0 Å². The summed E-state index contributed by atoms with van der Waals surface area (Å²) in [6, 6.07) is 10.1. The van der Waals surface area contributed by atoms with Crippen LogP contribution >= 0.6 is 0 Å². The van der Waals surface area contributed by atoms with E-state index in [1.807, 2.05) is 35.2 Å². The van der Waals surface area contributed by atoms with Crippen molar-refractivity contribution in [3.05, 3.63) is 66.0 Å². The third-order valence-corrected chi connectivity index (χ3v) is 3.12. The molecule has 0 spiro atoms. The number of hydrogen-bond acceptors (Lipinski definition) is 2. The van der Waals surface area contributed by atoms with Crippen molar-refractivity contribution in [2.75, 3.05) is 0 Å². The molecule has 0 aliphatic rings. The number of benzene rings is 1. The molecule has 0 saturated heterocycles. The molecule has 0 fully saturated rings. The van der Waals surface area contributed by atoms with Crippen LogP contribution in [0.25, 0.3) is 0 Å². The Bertz CT molecular complexity index is 557. The van der Waals surface area contributed by atoms with Gasteiger partial charge in [-0.3, -0.25) is 9.48 Å². The van der Waals surface area contributed by atoms with Crippen molar-refractivity contribution in [1.82, 2.24) is 9.78 Å². The van der Waals surface area contributed by atoms with E-state index in [1.165, 1.54) is 5.56 Å². The fourth-order valence-electron chi connectivity index (χ4n) is 2.14. The molecule has 0 N–H and O–H groups in total. The highest BCUT2D eigenvalue weighted by Gasteiger charge is 2.14. The molecule has 1 heterocycles. The van der Waals surface area contributed by atoms with E-state index in [0.717, 1.165) is 18.4 Å². The summed E-state index contributed by atoms with van der Waals surface area (Å²) in [4.78, 5) is 11.1. The summed E-state index contributed by atoms with van der Waals surface area (Å²) in [6.07, 6.45) is 5.37. The van der Waals surface area contributed by atoms with Gasteiger partial charge in [0.25, 0.3) is 0 Å². The molecule has 2 rings (SSSR count). The molecule has 1 aromatic carbocycles. The van der Waals surface area contributed by atoms with Gasteiger partial charge in [-0.1, -0.05) is 43.3 Å². The molecule has 0 amide bonds. The topological polar surface area (TPSA) is 34.9 Å². The lowest BCUT2D eigenvalue weighted by atomic mass is 10.0. The largest absolute Gasteiger partial charge is 0.298 e. The summed E-state index contributed by atoms with van der Waals surface area (Å²) < 4.78 is 1.83. The lowest BCUT2D eigenvalue weighted by Gasteiger charge is -2.05. The maximum Gasteiger partial charge on any atom is 0.153 e. The first-order valence-electron chi connectivity index (χ1n) is 6.42. The third-order valence-electron chi connectivity index (χ3n) is 3.12. The average Bonchev–Trinajstić information content (AvgIpc) is 2.83. The van der Waals surface area contributed by atoms with E-state index in [-0.39, 0.29) is 5.92 Å². The number of aromatic nitrogens is 2. The van der Waals surface area contributed by atoms with Crippen LogP contribution in [0.15, 0.2) is 49.2 Å². The molecule has 0 bridgehead atoms. The zero-order valence-corrected chi connectivity index (χ0v) is 11.1. The third kappa shape index (κ3) is 3.19. The number of carbonyl (C=O) groups is 1. The number of carbonyl (C=O) groups excluding carboxylic acids is 1. The van der Waals surface area contributed by atoms with Crippen molar-refractivity contribution < 1.29 is 4.79 Å². The Morgan fingerprint density at radius 2 is 2.11 bits per heavy atom. The highest BCUT2D eigenvalue weighted by molar-refractivity contribution is 5.76. The Morgan fingerprint density at radius 3 is 2.74 bits per heavy atom. The first-order valence-corrected chi connectivity index (χ1v) is 6.42. The number of hydrogen-bond donors (Lipinski definition) is 0. The number of rotatable bonds is 6. The second kappa shape index (κ2) is 6.14. The van der Waals surface area contributed by atoms with Gasteiger partial charge in [-0.15, -0.1) is 6.58 Å². The fourth-order valence-corrected chi connectivity index (χ4v) is 2.14. The van der Waals surface area contributed by atoms with Crippen LogP contribution in [-0.4, -0.2) is 16.1 Å². The minimum Gasteiger partial charge on any atom is -0.298 e. The average molecular weight is 254 g/mol. The van der Waals surface area contributed by atoms with E-state index in [1.54, 1.807) is 0 Å². The summed E-state index contributed by atoms with van der Waals surface area (Å²) in [5, 5.41) is 4.53. The molecule has 1 aromatic heterocycles. The van der Waals surface area contributed by atoms with Gasteiger partial charge in [-0.05, 0) is 12.0 Å². The molecular weight excluding hydrogens is 236 g/mol. The Balaban J connectivity index is 2.23. The second-order valence-corrected chi connectivity index (χ2v) is 4.70. The number of nitrogens with zero attached hydrogens (tertiary/aromatic N) is 2. The summed E-state index contributed by atoms with van der Waals surface area (Å²) in [5.41, 5.74) is 2.70. The monoisotopic (exact) mass is 254 g/mol. The normalized spacial score (nSPS) is 12.1. The van der Waals surface area contributed by atoms with E-state index in [2.05, 4.69) is 30.7 Å². The zero-order valence-electron chi connectivity index (χ0n) is 11.1. The molecule has 1 unspecified atom stereocenters. The molecule has 2 aromatic rings. The van der Waals surface area contributed by atoms with E-state index in [0.29, 0.717) is 12.1 Å². The predicted molar refractivity (Wildman–Crippen MR) is 76.4 cm³/mol. The van der Waals surface area contributed by atoms with Gasteiger partial charge in [0.1, 0.15) is 0 Å². The van der Waals surface area contributed by atoms with Crippen LogP contribution in [0.4, 0.5) is 0 Å². The predicted octanol–water partition coefficient (Wildman–Crippen LogP) is 3.42. The minimum absolute atomic E-state index is 0.217. The van der Waals surface area contributed by atoms with Crippen LogP contribution in [0.2, 0.25) is 0 Å². The van der Waals surface area contributed by atoms with E-state index < -0.39 is 0 Å². The Labute approximate surface area is 113 Å². The van der Waals surface area contributed by atoms with Crippen LogP contribution in [0, 0.1) is 0 Å². The Kier molecular flexibility index (Phi) is 4.29. The first kappa shape index (κ1) is 13.3. The number of aldehydes is 1. The molecule has 1 atom stereocenters. The molecule has 0 aliphatic heterocycles. The quantitative estimate of drug-likeness (QED) is 0.584. The smallest absolute Gasteiger partial charge is 0.153 e. The first-order chi connectivity index (χ1) is 9.24. The van der Waals surface area contributed by atoms with Gasteiger partial charge < -0.3 is 0 Å². The van der Waals surface area contributed by atoms with Gasteiger partial charge in [-0.2, -0.15) is 5.10 Å². The fraction of sp³-hybridized carbons (Fsp3) is 0.250. The summed E-state index contributed by atoms with van der Waals surface area (Å²) in [6.45, 7) is 6.48.